The molecule has 2 heteroatoms. The van der Waals surface area contributed by atoms with Crippen LogP contribution in [-0.2, 0) is 5.41 Å². The van der Waals surface area contributed by atoms with Crippen molar-refractivity contribution >= 4 is 27.8 Å². The minimum Gasteiger partial charge on any atom is -0.310 e. The third kappa shape index (κ3) is 4.58. The largest absolute Gasteiger partial charge is 0.310 e. The van der Waals surface area contributed by atoms with Crippen LogP contribution in [0.4, 0.5) is 21.5 Å². The van der Waals surface area contributed by atoms with Crippen molar-refractivity contribution in [3.8, 4) is 44.5 Å². The maximum absolute atomic E-state index is 14.7. The number of rotatable bonds is 5. The van der Waals surface area contributed by atoms with Gasteiger partial charge in [0.15, 0.2) is 0 Å². The number of benzene rings is 9. The van der Waals surface area contributed by atoms with Gasteiger partial charge in [0.05, 0.1) is 5.41 Å². The first-order valence-electron chi connectivity index (χ1n) is 18.9. The van der Waals surface area contributed by atoms with Crippen LogP contribution in [0.1, 0.15) is 22.3 Å². The molecule has 2 aliphatic carbocycles. The summed E-state index contributed by atoms with van der Waals surface area (Å²) in [6, 6.07) is 72.8. The number of hydrogen-bond donors (Lipinski definition) is 0. The lowest BCUT2D eigenvalue weighted by Gasteiger charge is -2.31. The Labute approximate surface area is 320 Å². The molecule has 0 atom stereocenters. The van der Waals surface area contributed by atoms with Crippen LogP contribution in [0, 0.1) is 5.82 Å². The van der Waals surface area contributed by atoms with E-state index in [0.29, 0.717) is 0 Å². The molecule has 0 amide bonds. The maximum atomic E-state index is 14.7. The van der Waals surface area contributed by atoms with Crippen LogP contribution >= 0.6 is 0 Å². The second-order valence-corrected chi connectivity index (χ2v) is 14.5. The average Bonchev–Trinajstić information content (AvgIpc) is 3.72. The molecular formula is C53H34FN. The third-order valence-corrected chi connectivity index (χ3v) is 11.7. The summed E-state index contributed by atoms with van der Waals surface area (Å²) in [6.45, 7) is 0. The molecule has 9 aromatic carbocycles. The van der Waals surface area contributed by atoms with E-state index in [0.717, 1.165) is 28.2 Å². The average molecular weight is 704 g/mol. The molecule has 55 heavy (non-hydrogen) atoms. The van der Waals surface area contributed by atoms with Gasteiger partial charge in [-0.3, -0.25) is 0 Å². The fraction of sp³-hybridized carbons (Fsp3) is 0.0189. The molecule has 1 spiro atoms. The van der Waals surface area contributed by atoms with Crippen molar-refractivity contribution in [2.24, 2.45) is 0 Å². The Morgan fingerprint density at radius 1 is 0.364 bits per heavy atom. The lowest BCUT2D eigenvalue weighted by Crippen LogP contribution is -2.26. The Hall–Kier alpha value is -7.03. The summed E-state index contributed by atoms with van der Waals surface area (Å²) in [7, 11) is 0. The van der Waals surface area contributed by atoms with E-state index >= 15 is 0 Å². The summed E-state index contributed by atoms with van der Waals surface area (Å²) >= 11 is 0. The first-order chi connectivity index (χ1) is 27.2. The molecule has 258 valence electrons. The molecule has 0 aliphatic heterocycles. The summed E-state index contributed by atoms with van der Waals surface area (Å²) < 4.78 is 14.7. The Kier molecular flexibility index (Phi) is 7.02. The van der Waals surface area contributed by atoms with Crippen LogP contribution in [0.15, 0.2) is 206 Å². The number of hydrogen-bond acceptors (Lipinski definition) is 1. The highest BCUT2D eigenvalue weighted by Crippen LogP contribution is 2.65. The molecule has 0 saturated carbocycles. The molecule has 2 aliphatic rings. The van der Waals surface area contributed by atoms with Crippen molar-refractivity contribution in [2.75, 3.05) is 4.90 Å². The van der Waals surface area contributed by atoms with Gasteiger partial charge in [0, 0.05) is 17.1 Å². The highest BCUT2D eigenvalue weighted by Gasteiger charge is 2.53. The summed E-state index contributed by atoms with van der Waals surface area (Å²) in [5.41, 5.74) is 17.3. The van der Waals surface area contributed by atoms with Crippen LogP contribution in [0.25, 0.3) is 55.3 Å². The van der Waals surface area contributed by atoms with E-state index in [9.17, 15) is 4.39 Å². The van der Waals surface area contributed by atoms with Crippen molar-refractivity contribution in [1.29, 1.82) is 0 Å². The lowest BCUT2D eigenvalue weighted by atomic mass is 9.69. The van der Waals surface area contributed by atoms with E-state index in [1.165, 1.54) is 72.5 Å². The molecule has 0 fully saturated rings. The summed E-state index contributed by atoms with van der Waals surface area (Å²) in [4.78, 5) is 2.12. The van der Waals surface area contributed by atoms with Gasteiger partial charge in [-0.2, -0.15) is 0 Å². The second-order valence-electron chi connectivity index (χ2n) is 14.5. The zero-order chi connectivity index (χ0) is 36.5. The topological polar surface area (TPSA) is 3.24 Å². The fourth-order valence-corrected chi connectivity index (χ4v) is 9.61. The van der Waals surface area contributed by atoms with E-state index in [-0.39, 0.29) is 5.82 Å². The van der Waals surface area contributed by atoms with Crippen molar-refractivity contribution in [3.63, 3.8) is 0 Å². The van der Waals surface area contributed by atoms with Gasteiger partial charge in [-0.05, 0) is 126 Å². The molecule has 0 N–H and O–H groups in total. The van der Waals surface area contributed by atoms with Gasteiger partial charge in [-0.25, -0.2) is 4.39 Å². The van der Waals surface area contributed by atoms with Crippen LogP contribution in [-0.4, -0.2) is 0 Å². The van der Waals surface area contributed by atoms with Gasteiger partial charge < -0.3 is 4.90 Å². The molecule has 0 bridgehead atoms. The van der Waals surface area contributed by atoms with Gasteiger partial charge in [-0.15, -0.1) is 0 Å². The second kappa shape index (κ2) is 12.3. The normalized spacial score (nSPS) is 13.0. The first-order valence-corrected chi connectivity index (χ1v) is 18.9. The molecule has 0 saturated heterocycles. The molecule has 0 aromatic heterocycles. The van der Waals surface area contributed by atoms with Crippen LogP contribution < -0.4 is 4.90 Å². The summed E-state index contributed by atoms with van der Waals surface area (Å²) in [5, 5.41) is 2.49. The molecule has 1 nitrogen and oxygen atoms in total. The highest BCUT2D eigenvalue weighted by atomic mass is 19.1. The van der Waals surface area contributed by atoms with Gasteiger partial charge in [0.25, 0.3) is 0 Å². The molecular weight excluding hydrogens is 670 g/mol. The smallest absolute Gasteiger partial charge is 0.125 e. The minimum atomic E-state index is -0.468. The standard InChI is InChI=1S/C53H34FN/c54-37-18-15-22-40(34-37)55(38-19-2-1-3-20-38)39-21-14-17-35(32-39)41-23-6-7-25-43(41)47-33-36-16-4-5-24-42(36)52-51(47)46-28-10-13-31-50(46)53(52)48-29-11-8-26-44(48)45-27-9-12-30-49(45)53/h1-34H. The molecule has 0 radical (unpaired) electrons. The van der Waals surface area contributed by atoms with Crippen molar-refractivity contribution in [2.45, 2.75) is 5.41 Å². The predicted octanol–water partition coefficient (Wildman–Crippen LogP) is 14.1. The van der Waals surface area contributed by atoms with Crippen LogP contribution in [0.2, 0.25) is 0 Å². The molecule has 0 heterocycles. The van der Waals surface area contributed by atoms with Crippen LogP contribution in [0.3, 0.4) is 0 Å². The first kappa shape index (κ1) is 31.5. The zero-order valence-corrected chi connectivity index (χ0v) is 30.0. The van der Waals surface area contributed by atoms with E-state index in [1.807, 2.05) is 24.3 Å². The van der Waals surface area contributed by atoms with Gasteiger partial charge in [0.1, 0.15) is 5.82 Å². The Morgan fingerprint density at radius 2 is 0.891 bits per heavy atom. The fourth-order valence-electron chi connectivity index (χ4n) is 9.61. The lowest BCUT2D eigenvalue weighted by molar-refractivity contribution is 0.628. The quantitative estimate of drug-likeness (QED) is 0.172. The third-order valence-electron chi connectivity index (χ3n) is 11.7. The number of nitrogens with zero attached hydrogens (tertiary/aromatic N) is 1. The molecule has 0 unspecified atom stereocenters. The summed E-state index contributed by atoms with van der Waals surface area (Å²) in [5.74, 6) is -0.268. The zero-order valence-electron chi connectivity index (χ0n) is 30.0. The molecule has 11 rings (SSSR count). The van der Waals surface area contributed by atoms with Gasteiger partial charge in [-0.1, -0.05) is 158 Å². The van der Waals surface area contributed by atoms with Gasteiger partial charge in [0.2, 0.25) is 0 Å². The van der Waals surface area contributed by atoms with Gasteiger partial charge >= 0.3 is 0 Å². The number of halogens is 1. The van der Waals surface area contributed by atoms with E-state index in [4.69, 9.17) is 0 Å². The van der Waals surface area contributed by atoms with E-state index in [2.05, 4.69) is 169 Å². The Morgan fingerprint density at radius 3 is 1.60 bits per heavy atom. The van der Waals surface area contributed by atoms with Crippen molar-refractivity contribution < 1.29 is 4.39 Å². The summed E-state index contributed by atoms with van der Waals surface area (Å²) in [6.07, 6.45) is 0. The van der Waals surface area contributed by atoms with E-state index < -0.39 is 5.41 Å². The van der Waals surface area contributed by atoms with Crippen molar-refractivity contribution in [1.82, 2.24) is 0 Å². The molecule has 9 aromatic rings. The van der Waals surface area contributed by atoms with E-state index in [1.54, 1.807) is 12.1 Å². The Bertz CT molecular complexity index is 2920. The number of fused-ring (bicyclic) bond motifs is 12. The van der Waals surface area contributed by atoms with Crippen LogP contribution in [0.5, 0.6) is 0 Å². The minimum absolute atomic E-state index is 0.268. The maximum Gasteiger partial charge on any atom is 0.125 e. The monoisotopic (exact) mass is 703 g/mol. The SMILES string of the molecule is Fc1cccc(N(c2ccccc2)c2cccc(-c3ccccc3-c3cc4ccccc4c4c3-c3ccccc3C43c4ccccc4-c4ccccc43)c2)c1. The predicted molar refractivity (Wildman–Crippen MR) is 226 cm³/mol. The van der Waals surface area contributed by atoms with Crippen molar-refractivity contribution in [3.05, 3.63) is 234 Å². The highest BCUT2D eigenvalue weighted by molar-refractivity contribution is 6.10. The number of para-hydroxylation sites is 1. The Balaban J connectivity index is 1.19. The number of anilines is 3.